The highest BCUT2D eigenvalue weighted by Crippen LogP contribution is 2.29. The predicted octanol–water partition coefficient (Wildman–Crippen LogP) is 3.40. The summed E-state index contributed by atoms with van der Waals surface area (Å²) in [5.74, 6) is 0.635. The fourth-order valence-corrected chi connectivity index (χ4v) is 2.68. The van der Waals surface area contributed by atoms with Gasteiger partial charge in [-0.2, -0.15) is 0 Å². The van der Waals surface area contributed by atoms with Crippen LogP contribution < -0.4 is 4.74 Å². The number of hydrogen-bond donors (Lipinski definition) is 1. The van der Waals surface area contributed by atoms with Gasteiger partial charge in [0.25, 0.3) is 0 Å². The van der Waals surface area contributed by atoms with Crippen molar-refractivity contribution >= 4 is 17.3 Å². The minimum absolute atomic E-state index is 0.271. The van der Waals surface area contributed by atoms with Crippen LogP contribution in [0.25, 0.3) is 0 Å². The Bertz CT molecular complexity index is 364. The molecule has 1 aromatic rings. The second-order valence-corrected chi connectivity index (χ2v) is 5.36. The lowest BCUT2D eigenvalue weighted by atomic mass is 9.89. The van der Waals surface area contributed by atoms with E-state index in [0.29, 0.717) is 10.6 Å². The van der Waals surface area contributed by atoms with Crippen LogP contribution >= 0.6 is 11.3 Å². The average molecular weight is 240 g/mol. The highest BCUT2D eigenvalue weighted by molar-refractivity contribution is 7.12. The first-order chi connectivity index (χ1) is 7.65. The lowest BCUT2D eigenvalue weighted by molar-refractivity contribution is 0.0701. The maximum atomic E-state index is 10.7. The third-order valence-corrected chi connectivity index (χ3v) is 3.95. The van der Waals surface area contributed by atoms with Crippen LogP contribution in [0.1, 0.15) is 42.3 Å². The van der Waals surface area contributed by atoms with Gasteiger partial charge < -0.3 is 9.84 Å². The van der Waals surface area contributed by atoms with Crippen LogP contribution in [0.3, 0.4) is 0 Å². The lowest BCUT2D eigenvalue weighted by Crippen LogP contribution is -2.22. The Morgan fingerprint density at radius 2 is 2.12 bits per heavy atom. The molecular formula is C12H16O3S. The molecule has 1 saturated carbocycles. The Morgan fingerprint density at radius 3 is 2.69 bits per heavy atom. The van der Waals surface area contributed by atoms with Crippen molar-refractivity contribution in [1.82, 2.24) is 0 Å². The number of carboxylic acids is 1. The molecule has 0 radical (unpaired) electrons. The summed E-state index contributed by atoms with van der Waals surface area (Å²) in [6.45, 7) is 2.27. The van der Waals surface area contributed by atoms with Gasteiger partial charge in [-0.05, 0) is 31.6 Å². The van der Waals surface area contributed by atoms with E-state index in [1.807, 2.05) is 0 Å². The average Bonchev–Trinajstić information content (AvgIpc) is 2.70. The molecule has 0 atom stereocenters. The first-order valence-corrected chi connectivity index (χ1v) is 6.51. The Balaban J connectivity index is 1.91. The van der Waals surface area contributed by atoms with E-state index in [1.54, 1.807) is 11.4 Å². The van der Waals surface area contributed by atoms with E-state index in [9.17, 15) is 4.79 Å². The summed E-state index contributed by atoms with van der Waals surface area (Å²) in [7, 11) is 0. The van der Waals surface area contributed by atoms with Crippen molar-refractivity contribution in [2.45, 2.75) is 38.7 Å². The van der Waals surface area contributed by atoms with Crippen molar-refractivity contribution in [3.05, 3.63) is 16.3 Å². The minimum atomic E-state index is -0.878. The second kappa shape index (κ2) is 4.87. The zero-order chi connectivity index (χ0) is 11.5. The quantitative estimate of drug-likeness (QED) is 0.880. The van der Waals surface area contributed by atoms with Crippen molar-refractivity contribution in [1.29, 1.82) is 0 Å². The molecule has 1 heterocycles. The van der Waals surface area contributed by atoms with E-state index < -0.39 is 5.97 Å². The molecule has 0 saturated heterocycles. The van der Waals surface area contributed by atoms with Crippen LogP contribution in [-0.4, -0.2) is 17.2 Å². The number of rotatable bonds is 3. The zero-order valence-corrected chi connectivity index (χ0v) is 10.1. The molecule has 1 N–H and O–H groups in total. The highest BCUT2D eigenvalue weighted by atomic mass is 32.1. The molecular weight excluding hydrogens is 224 g/mol. The van der Waals surface area contributed by atoms with Crippen LogP contribution in [0.5, 0.6) is 5.75 Å². The molecule has 1 aliphatic carbocycles. The molecule has 1 fully saturated rings. The molecule has 4 heteroatoms. The number of aromatic carboxylic acids is 1. The van der Waals surface area contributed by atoms with E-state index in [-0.39, 0.29) is 6.10 Å². The fourth-order valence-electron chi connectivity index (χ4n) is 2.03. The molecule has 0 aliphatic heterocycles. The number of ether oxygens (including phenoxy) is 1. The standard InChI is InChI=1S/C12H16O3S/c1-8-2-4-9(5-3-8)15-10-6-11(12(13)14)16-7-10/h6-9H,2-5H2,1H3,(H,13,14). The van der Waals surface area contributed by atoms with Crippen molar-refractivity contribution in [2.75, 3.05) is 0 Å². The van der Waals surface area contributed by atoms with Gasteiger partial charge in [-0.3, -0.25) is 0 Å². The molecule has 2 rings (SSSR count). The van der Waals surface area contributed by atoms with Gasteiger partial charge in [0.15, 0.2) is 0 Å². The van der Waals surface area contributed by atoms with E-state index in [4.69, 9.17) is 9.84 Å². The van der Waals surface area contributed by atoms with Gasteiger partial charge in [0.1, 0.15) is 10.6 Å². The highest BCUT2D eigenvalue weighted by Gasteiger charge is 2.20. The zero-order valence-electron chi connectivity index (χ0n) is 9.31. The SMILES string of the molecule is CC1CCC(Oc2csc(C(=O)O)c2)CC1. The first-order valence-electron chi connectivity index (χ1n) is 5.63. The van der Waals surface area contributed by atoms with Gasteiger partial charge in [-0.25, -0.2) is 4.79 Å². The van der Waals surface area contributed by atoms with Crippen LogP contribution in [0, 0.1) is 5.92 Å². The summed E-state index contributed by atoms with van der Waals surface area (Å²) in [6, 6.07) is 1.62. The van der Waals surface area contributed by atoms with Crippen molar-refractivity contribution in [3.63, 3.8) is 0 Å². The maximum absolute atomic E-state index is 10.7. The van der Waals surface area contributed by atoms with E-state index in [2.05, 4.69) is 6.92 Å². The molecule has 0 bridgehead atoms. The molecule has 3 nitrogen and oxygen atoms in total. The largest absolute Gasteiger partial charge is 0.490 e. The fraction of sp³-hybridized carbons (Fsp3) is 0.583. The Morgan fingerprint density at radius 1 is 1.44 bits per heavy atom. The van der Waals surface area contributed by atoms with Gasteiger partial charge in [0.2, 0.25) is 0 Å². The second-order valence-electron chi connectivity index (χ2n) is 4.45. The number of hydrogen-bond acceptors (Lipinski definition) is 3. The van der Waals surface area contributed by atoms with Gasteiger partial charge in [0.05, 0.1) is 6.10 Å². The molecule has 88 valence electrons. The predicted molar refractivity (Wildman–Crippen MR) is 63.3 cm³/mol. The third kappa shape index (κ3) is 2.76. The van der Waals surface area contributed by atoms with E-state index in [1.165, 1.54) is 24.2 Å². The lowest BCUT2D eigenvalue weighted by Gasteiger charge is -2.26. The monoisotopic (exact) mass is 240 g/mol. The van der Waals surface area contributed by atoms with Crippen LogP contribution in [0.2, 0.25) is 0 Å². The summed E-state index contributed by atoms with van der Waals surface area (Å²) < 4.78 is 5.78. The van der Waals surface area contributed by atoms with Gasteiger partial charge >= 0.3 is 5.97 Å². The van der Waals surface area contributed by atoms with Gasteiger partial charge in [-0.1, -0.05) is 6.92 Å². The molecule has 16 heavy (non-hydrogen) atoms. The smallest absolute Gasteiger partial charge is 0.346 e. The molecule has 0 amide bonds. The number of thiophene rings is 1. The molecule has 0 unspecified atom stereocenters. The number of carbonyl (C=O) groups is 1. The summed E-state index contributed by atoms with van der Waals surface area (Å²) in [5.41, 5.74) is 0. The first kappa shape index (κ1) is 11.5. The van der Waals surface area contributed by atoms with Gasteiger partial charge in [0, 0.05) is 11.4 Å². The summed E-state index contributed by atoms with van der Waals surface area (Å²) in [6.07, 6.45) is 4.85. The van der Waals surface area contributed by atoms with Crippen molar-refractivity contribution in [3.8, 4) is 5.75 Å². The normalized spacial score (nSPS) is 25.3. The van der Waals surface area contributed by atoms with Crippen molar-refractivity contribution in [2.24, 2.45) is 5.92 Å². The summed E-state index contributed by atoms with van der Waals surface area (Å²) >= 11 is 1.22. The Hall–Kier alpha value is -1.03. The van der Waals surface area contributed by atoms with Crippen LogP contribution in [-0.2, 0) is 0 Å². The van der Waals surface area contributed by atoms with Gasteiger partial charge in [-0.15, -0.1) is 11.3 Å². The summed E-state index contributed by atoms with van der Waals surface area (Å²) in [5, 5.41) is 10.6. The van der Waals surface area contributed by atoms with E-state index in [0.717, 1.165) is 18.8 Å². The molecule has 0 aromatic carbocycles. The van der Waals surface area contributed by atoms with Crippen LogP contribution in [0.4, 0.5) is 0 Å². The van der Waals surface area contributed by atoms with Crippen molar-refractivity contribution < 1.29 is 14.6 Å². The molecule has 1 aliphatic rings. The topological polar surface area (TPSA) is 46.5 Å². The molecule has 1 aromatic heterocycles. The minimum Gasteiger partial charge on any atom is -0.490 e. The Labute approximate surface area is 99.1 Å². The maximum Gasteiger partial charge on any atom is 0.346 e. The van der Waals surface area contributed by atoms with Crippen LogP contribution in [0.15, 0.2) is 11.4 Å². The summed E-state index contributed by atoms with van der Waals surface area (Å²) in [4.78, 5) is 11.1. The third-order valence-electron chi connectivity index (χ3n) is 3.05. The van der Waals surface area contributed by atoms with E-state index >= 15 is 0 Å². The molecule has 0 spiro atoms. The number of carboxylic acid groups (broad SMARTS) is 1. The Kier molecular flexibility index (Phi) is 3.49.